The van der Waals surface area contributed by atoms with Gasteiger partial charge in [0.25, 0.3) is 0 Å². The van der Waals surface area contributed by atoms with Crippen LogP contribution in [0.4, 0.5) is 0 Å². The Hall–Kier alpha value is -2.86. The third-order valence-corrected chi connectivity index (χ3v) is 3.87. The lowest BCUT2D eigenvalue weighted by atomic mass is 10.0. The van der Waals surface area contributed by atoms with Gasteiger partial charge in [-0.3, -0.25) is 0 Å². The molecule has 0 spiro atoms. The molecular formula is C21H26O6. The van der Waals surface area contributed by atoms with Gasteiger partial charge in [-0.25, -0.2) is 9.59 Å². The number of aliphatic hydroxyl groups is 1. The number of benzene rings is 2. The topological polar surface area (TPSA) is 115 Å². The molecule has 146 valence electrons. The summed E-state index contributed by atoms with van der Waals surface area (Å²) in [7, 11) is 0. The van der Waals surface area contributed by atoms with Crippen molar-refractivity contribution in [2.45, 2.75) is 45.6 Å². The lowest BCUT2D eigenvalue weighted by Crippen LogP contribution is -2.09. The number of unbranched alkanes of at least 4 members (excludes halogenated alkanes) is 1. The molecule has 0 aliphatic heterocycles. The number of hydrogen-bond donors (Lipinski definition) is 4. The summed E-state index contributed by atoms with van der Waals surface area (Å²) in [6.45, 7) is 3.77. The zero-order valence-electron chi connectivity index (χ0n) is 15.6. The summed E-state index contributed by atoms with van der Waals surface area (Å²) < 4.78 is 0. The average molecular weight is 374 g/mol. The number of carbonyl (C=O) groups is 2. The molecule has 6 nitrogen and oxygen atoms in total. The number of aromatic carboxylic acids is 2. The van der Waals surface area contributed by atoms with Crippen LogP contribution in [0.15, 0.2) is 42.5 Å². The number of hydrogen-bond acceptors (Lipinski definition) is 4. The van der Waals surface area contributed by atoms with Crippen molar-refractivity contribution in [2.24, 2.45) is 0 Å². The average Bonchev–Trinajstić information content (AvgIpc) is 2.62. The Labute approximate surface area is 158 Å². The fraction of sp³-hybridized carbons (Fsp3) is 0.333. The zero-order valence-corrected chi connectivity index (χ0v) is 15.6. The predicted octanol–water partition coefficient (Wildman–Crippen LogP) is 3.88. The molecule has 2 aromatic rings. The minimum atomic E-state index is -1.12. The molecule has 0 aromatic heterocycles. The van der Waals surface area contributed by atoms with Crippen molar-refractivity contribution in [2.75, 3.05) is 0 Å². The van der Waals surface area contributed by atoms with Crippen LogP contribution in [0.25, 0.3) is 0 Å². The Morgan fingerprint density at radius 2 is 1.48 bits per heavy atom. The van der Waals surface area contributed by atoms with E-state index in [2.05, 4.69) is 6.92 Å². The van der Waals surface area contributed by atoms with Crippen LogP contribution in [0.3, 0.4) is 0 Å². The lowest BCUT2D eigenvalue weighted by Gasteiger charge is -2.09. The number of aryl methyl sites for hydroxylation is 1. The van der Waals surface area contributed by atoms with Crippen molar-refractivity contribution in [1.82, 2.24) is 0 Å². The molecule has 0 heterocycles. The van der Waals surface area contributed by atoms with Gasteiger partial charge in [-0.05, 0) is 61.2 Å². The molecule has 0 bridgehead atoms. The van der Waals surface area contributed by atoms with E-state index in [0.717, 1.165) is 30.9 Å². The maximum absolute atomic E-state index is 10.5. The third-order valence-electron chi connectivity index (χ3n) is 3.87. The van der Waals surface area contributed by atoms with Gasteiger partial charge in [0, 0.05) is 0 Å². The van der Waals surface area contributed by atoms with Gasteiger partial charge in [-0.1, -0.05) is 31.9 Å². The van der Waals surface area contributed by atoms with Crippen LogP contribution in [-0.2, 0) is 6.42 Å². The minimum Gasteiger partial charge on any atom is -0.508 e. The minimum absolute atomic E-state index is 0.00241. The van der Waals surface area contributed by atoms with Gasteiger partial charge in [-0.2, -0.15) is 0 Å². The molecule has 4 N–H and O–H groups in total. The van der Waals surface area contributed by atoms with Crippen molar-refractivity contribution in [3.8, 4) is 5.75 Å². The Morgan fingerprint density at radius 3 is 1.93 bits per heavy atom. The molecular weight excluding hydrogens is 348 g/mol. The van der Waals surface area contributed by atoms with Crippen molar-refractivity contribution >= 4 is 11.9 Å². The SMILES string of the molecule is CCCCC(O)Cc1ccc(O)cc1.Cc1cc(C(=O)O)cc(C(=O)O)c1. The number of phenols is 1. The maximum Gasteiger partial charge on any atom is 0.335 e. The monoisotopic (exact) mass is 374 g/mol. The first-order chi connectivity index (χ1) is 12.7. The highest BCUT2D eigenvalue weighted by Gasteiger charge is 2.09. The van der Waals surface area contributed by atoms with Crippen molar-refractivity contribution in [1.29, 1.82) is 0 Å². The number of aliphatic hydroxyl groups excluding tert-OH is 1. The molecule has 1 unspecified atom stereocenters. The maximum atomic E-state index is 10.5. The van der Waals surface area contributed by atoms with Gasteiger partial charge in [0.2, 0.25) is 0 Å². The highest BCUT2D eigenvalue weighted by atomic mass is 16.4. The second kappa shape index (κ2) is 11.0. The first kappa shape index (κ1) is 22.2. The van der Waals surface area contributed by atoms with Gasteiger partial charge in [0.15, 0.2) is 0 Å². The lowest BCUT2D eigenvalue weighted by molar-refractivity contribution is 0.0696. The summed E-state index contributed by atoms with van der Waals surface area (Å²) in [5.41, 5.74) is 1.69. The number of aromatic hydroxyl groups is 1. The third kappa shape index (κ3) is 8.37. The number of phenolic OH excluding ortho intramolecular Hbond substituents is 1. The highest BCUT2D eigenvalue weighted by molar-refractivity contribution is 5.94. The Morgan fingerprint density at radius 1 is 0.963 bits per heavy atom. The molecule has 0 saturated carbocycles. The predicted molar refractivity (Wildman–Crippen MR) is 102 cm³/mol. The molecule has 0 aliphatic carbocycles. The van der Waals surface area contributed by atoms with E-state index >= 15 is 0 Å². The number of rotatable bonds is 7. The molecule has 27 heavy (non-hydrogen) atoms. The van der Waals surface area contributed by atoms with Gasteiger partial charge in [0.05, 0.1) is 17.2 Å². The summed E-state index contributed by atoms with van der Waals surface area (Å²) in [6, 6.07) is 11.0. The van der Waals surface area contributed by atoms with Crippen LogP contribution in [0, 0.1) is 6.92 Å². The van der Waals surface area contributed by atoms with E-state index in [4.69, 9.17) is 15.3 Å². The van der Waals surface area contributed by atoms with E-state index in [1.807, 2.05) is 12.1 Å². The van der Waals surface area contributed by atoms with E-state index in [9.17, 15) is 14.7 Å². The van der Waals surface area contributed by atoms with Crippen LogP contribution < -0.4 is 0 Å². The second-order valence-electron chi connectivity index (χ2n) is 6.36. The zero-order chi connectivity index (χ0) is 20.4. The second-order valence-corrected chi connectivity index (χ2v) is 6.36. The molecule has 2 rings (SSSR count). The first-order valence-electron chi connectivity index (χ1n) is 8.77. The highest BCUT2D eigenvalue weighted by Crippen LogP contribution is 2.13. The molecule has 1 atom stereocenters. The van der Waals surface area contributed by atoms with Gasteiger partial charge in [0.1, 0.15) is 5.75 Å². The number of carboxylic acid groups (broad SMARTS) is 2. The summed E-state index contributed by atoms with van der Waals surface area (Å²) >= 11 is 0. The van der Waals surface area contributed by atoms with E-state index < -0.39 is 11.9 Å². The molecule has 0 aliphatic rings. The smallest absolute Gasteiger partial charge is 0.335 e. The first-order valence-corrected chi connectivity index (χ1v) is 8.77. The van der Waals surface area contributed by atoms with E-state index in [1.165, 1.54) is 12.1 Å². The van der Waals surface area contributed by atoms with Crippen LogP contribution >= 0.6 is 0 Å². The van der Waals surface area contributed by atoms with Gasteiger partial charge >= 0.3 is 11.9 Å². The van der Waals surface area contributed by atoms with Crippen molar-refractivity contribution < 1.29 is 30.0 Å². The van der Waals surface area contributed by atoms with Crippen LogP contribution in [0.1, 0.15) is 58.0 Å². The largest absolute Gasteiger partial charge is 0.508 e. The fourth-order valence-electron chi connectivity index (χ4n) is 2.48. The quantitative estimate of drug-likeness (QED) is 0.585. The Bertz CT molecular complexity index is 720. The van der Waals surface area contributed by atoms with Crippen LogP contribution in [0.2, 0.25) is 0 Å². The summed E-state index contributed by atoms with van der Waals surface area (Å²) in [6.07, 6.45) is 3.48. The van der Waals surface area contributed by atoms with Crippen LogP contribution in [0.5, 0.6) is 5.75 Å². The molecule has 6 heteroatoms. The molecule has 0 fully saturated rings. The normalized spacial score (nSPS) is 11.2. The van der Waals surface area contributed by atoms with Crippen molar-refractivity contribution in [3.63, 3.8) is 0 Å². The Balaban J connectivity index is 0.000000271. The van der Waals surface area contributed by atoms with E-state index in [-0.39, 0.29) is 23.0 Å². The molecule has 0 amide bonds. The fourth-order valence-corrected chi connectivity index (χ4v) is 2.48. The molecule has 0 radical (unpaired) electrons. The summed E-state index contributed by atoms with van der Waals surface area (Å²) in [4.78, 5) is 21.1. The van der Waals surface area contributed by atoms with Gasteiger partial charge in [-0.15, -0.1) is 0 Å². The van der Waals surface area contributed by atoms with E-state index in [1.54, 1.807) is 19.1 Å². The van der Waals surface area contributed by atoms with Gasteiger partial charge < -0.3 is 20.4 Å². The standard InChI is InChI=1S/C12H18O2.C9H8O4/c1-2-3-4-12(14)9-10-5-7-11(13)8-6-10;1-5-2-6(8(10)11)4-7(3-5)9(12)13/h5-8,12-14H,2-4,9H2,1H3;2-4H,1H3,(H,10,11)(H,12,13). The molecule has 2 aromatic carbocycles. The van der Waals surface area contributed by atoms with Crippen LogP contribution in [-0.4, -0.2) is 38.5 Å². The number of carboxylic acids is 2. The molecule has 0 saturated heterocycles. The Kier molecular flexibility index (Phi) is 9.02. The summed E-state index contributed by atoms with van der Waals surface area (Å²) in [5.74, 6) is -1.96. The summed E-state index contributed by atoms with van der Waals surface area (Å²) in [5, 5.41) is 36.0. The van der Waals surface area contributed by atoms with Crippen molar-refractivity contribution in [3.05, 3.63) is 64.7 Å². The van der Waals surface area contributed by atoms with E-state index in [0.29, 0.717) is 12.0 Å².